The SMILES string of the molecule is Cc1ccc2c(C)c3c(nc2c1)CCC=C3. The van der Waals surface area contributed by atoms with Gasteiger partial charge in [-0.15, -0.1) is 0 Å². The third-order valence-electron chi connectivity index (χ3n) is 3.36. The van der Waals surface area contributed by atoms with Crippen molar-refractivity contribution < 1.29 is 0 Å². The Kier molecular flexibility index (Phi) is 2.06. The number of aromatic nitrogens is 1. The van der Waals surface area contributed by atoms with Crippen molar-refractivity contribution in [1.29, 1.82) is 0 Å². The minimum atomic E-state index is 1.08. The van der Waals surface area contributed by atoms with Crippen molar-refractivity contribution in [3.05, 3.63) is 46.7 Å². The van der Waals surface area contributed by atoms with Crippen LogP contribution in [0.4, 0.5) is 0 Å². The van der Waals surface area contributed by atoms with Gasteiger partial charge in [0.1, 0.15) is 0 Å². The van der Waals surface area contributed by atoms with Crippen LogP contribution in [0.15, 0.2) is 24.3 Å². The van der Waals surface area contributed by atoms with E-state index >= 15 is 0 Å². The van der Waals surface area contributed by atoms with Crippen LogP contribution in [0.25, 0.3) is 17.0 Å². The maximum atomic E-state index is 4.79. The van der Waals surface area contributed by atoms with Gasteiger partial charge in [-0.3, -0.25) is 4.98 Å². The predicted molar refractivity (Wildman–Crippen MR) is 68.6 cm³/mol. The molecule has 3 rings (SSSR count). The average molecular weight is 209 g/mol. The van der Waals surface area contributed by atoms with Gasteiger partial charge in [-0.1, -0.05) is 24.3 Å². The fourth-order valence-electron chi connectivity index (χ4n) is 2.45. The van der Waals surface area contributed by atoms with Crippen molar-refractivity contribution in [2.75, 3.05) is 0 Å². The zero-order chi connectivity index (χ0) is 11.1. The van der Waals surface area contributed by atoms with Crippen molar-refractivity contribution in [2.45, 2.75) is 26.7 Å². The van der Waals surface area contributed by atoms with Gasteiger partial charge in [-0.05, 0) is 49.4 Å². The topological polar surface area (TPSA) is 12.9 Å². The minimum Gasteiger partial charge on any atom is -0.252 e. The molecule has 0 spiro atoms. The predicted octanol–water partition coefficient (Wildman–Crippen LogP) is 3.81. The van der Waals surface area contributed by atoms with Gasteiger partial charge < -0.3 is 0 Å². The highest BCUT2D eigenvalue weighted by molar-refractivity contribution is 5.86. The summed E-state index contributed by atoms with van der Waals surface area (Å²) in [6.45, 7) is 4.32. The van der Waals surface area contributed by atoms with Crippen LogP contribution in [0.2, 0.25) is 0 Å². The summed E-state index contributed by atoms with van der Waals surface area (Å²) >= 11 is 0. The first-order chi connectivity index (χ1) is 7.75. The third-order valence-corrected chi connectivity index (χ3v) is 3.36. The van der Waals surface area contributed by atoms with E-state index in [0.717, 1.165) is 18.4 Å². The normalized spacial score (nSPS) is 14.1. The van der Waals surface area contributed by atoms with E-state index in [1.54, 1.807) is 0 Å². The molecule has 0 unspecified atom stereocenters. The van der Waals surface area contributed by atoms with Gasteiger partial charge in [0.05, 0.1) is 5.52 Å². The maximum Gasteiger partial charge on any atom is 0.0711 e. The van der Waals surface area contributed by atoms with E-state index in [1.807, 2.05) is 0 Å². The summed E-state index contributed by atoms with van der Waals surface area (Å²) in [5.74, 6) is 0. The van der Waals surface area contributed by atoms with Crippen molar-refractivity contribution in [3.63, 3.8) is 0 Å². The van der Waals surface area contributed by atoms with Crippen molar-refractivity contribution >= 4 is 17.0 Å². The highest BCUT2D eigenvalue weighted by atomic mass is 14.7. The van der Waals surface area contributed by atoms with E-state index in [-0.39, 0.29) is 0 Å². The lowest BCUT2D eigenvalue weighted by molar-refractivity contribution is 0.934. The van der Waals surface area contributed by atoms with Crippen LogP contribution in [0.3, 0.4) is 0 Å². The molecule has 1 aromatic heterocycles. The molecule has 0 saturated heterocycles. The van der Waals surface area contributed by atoms with E-state index in [2.05, 4.69) is 44.2 Å². The number of fused-ring (bicyclic) bond motifs is 2. The number of benzene rings is 1. The molecule has 1 nitrogen and oxygen atoms in total. The molecule has 80 valence electrons. The zero-order valence-corrected chi connectivity index (χ0v) is 9.75. The Hall–Kier alpha value is -1.63. The first-order valence-corrected chi connectivity index (χ1v) is 5.82. The second-order valence-electron chi connectivity index (χ2n) is 4.56. The Bertz CT molecular complexity index is 594. The summed E-state index contributed by atoms with van der Waals surface area (Å²) in [6, 6.07) is 6.53. The van der Waals surface area contributed by atoms with E-state index < -0.39 is 0 Å². The Balaban J connectivity index is 2.40. The molecule has 1 aliphatic carbocycles. The first kappa shape index (κ1) is 9.59. The van der Waals surface area contributed by atoms with Crippen molar-refractivity contribution in [2.24, 2.45) is 0 Å². The molecule has 0 saturated carbocycles. The van der Waals surface area contributed by atoms with Crippen molar-refractivity contribution in [1.82, 2.24) is 4.98 Å². The number of rotatable bonds is 0. The van der Waals surface area contributed by atoms with Gasteiger partial charge in [0.25, 0.3) is 0 Å². The van der Waals surface area contributed by atoms with Crippen molar-refractivity contribution in [3.8, 4) is 0 Å². The highest BCUT2D eigenvalue weighted by Crippen LogP contribution is 2.27. The van der Waals surface area contributed by atoms with Gasteiger partial charge in [-0.25, -0.2) is 0 Å². The molecule has 0 N–H and O–H groups in total. The summed E-state index contributed by atoms with van der Waals surface area (Å²) in [6.07, 6.45) is 6.67. The molecule has 0 aliphatic heterocycles. The average Bonchev–Trinajstić information content (AvgIpc) is 2.29. The van der Waals surface area contributed by atoms with Crippen LogP contribution in [0.5, 0.6) is 0 Å². The fraction of sp³-hybridized carbons (Fsp3) is 0.267. The summed E-state index contributed by atoms with van der Waals surface area (Å²) in [7, 11) is 0. The number of aryl methyl sites for hydroxylation is 3. The highest BCUT2D eigenvalue weighted by Gasteiger charge is 2.11. The molecule has 0 radical (unpaired) electrons. The third kappa shape index (κ3) is 1.35. The van der Waals surface area contributed by atoms with Crippen LogP contribution in [-0.4, -0.2) is 4.98 Å². The van der Waals surface area contributed by atoms with Gasteiger partial charge in [-0.2, -0.15) is 0 Å². The number of hydrogen-bond acceptors (Lipinski definition) is 1. The zero-order valence-electron chi connectivity index (χ0n) is 9.75. The van der Waals surface area contributed by atoms with E-state index in [1.165, 1.54) is 27.8 Å². The lowest BCUT2D eigenvalue weighted by atomic mass is 9.95. The largest absolute Gasteiger partial charge is 0.252 e. The lowest BCUT2D eigenvalue weighted by Crippen LogP contribution is -2.01. The summed E-state index contributed by atoms with van der Waals surface area (Å²) in [5, 5.41) is 1.29. The molecule has 1 heteroatoms. The van der Waals surface area contributed by atoms with Gasteiger partial charge in [0, 0.05) is 11.1 Å². The smallest absolute Gasteiger partial charge is 0.0711 e. The van der Waals surface area contributed by atoms with Gasteiger partial charge in [0.2, 0.25) is 0 Å². The van der Waals surface area contributed by atoms with Crippen LogP contribution >= 0.6 is 0 Å². The Morgan fingerprint density at radius 3 is 2.94 bits per heavy atom. The number of hydrogen-bond donors (Lipinski definition) is 0. The van der Waals surface area contributed by atoms with E-state index in [0.29, 0.717) is 0 Å². The van der Waals surface area contributed by atoms with Crippen LogP contribution in [0, 0.1) is 13.8 Å². The molecule has 0 bridgehead atoms. The molecule has 1 aromatic carbocycles. The molecular formula is C15H15N. The fourth-order valence-corrected chi connectivity index (χ4v) is 2.45. The second-order valence-corrected chi connectivity index (χ2v) is 4.56. The van der Waals surface area contributed by atoms with E-state index in [4.69, 9.17) is 4.98 Å². The molecule has 1 heterocycles. The summed E-state index contributed by atoms with van der Waals surface area (Å²) in [5.41, 5.74) is 6.40. The number of allylic oxidation sites excluding steroid dienone is 1. The number of nitrogens with zero attached hydrogens (tertiary/aromatic N) is 1. The first-order valence-electron chi connectivity index (χ1n) is 5.82. The minimum absolute atomic E-state index is 1.08. The van der Waals surface area contributed by atoms with Gasteiger partial charge >= 0.3 is 0 Å². The van der Waals surface area contributed by atoms with Crippen LogP contribution in [0.1, 0.15) is 28.8 Å². The molecule has 1 aliphatic rings. The lowest BCUT2D eigenvalue weighted by Gasteiger charge is -2.14. The molecular weight excluding hydrogens is 194 g/mol. The Morgan fingerprint density at radius 2 is 2.06 bits per heavy atom. The summed E-state index contributed by atoms with van der Waals surface area (Å²) < 4.78 is 0. The number of pyridine rings is 1. The quantitative estimate of drug-likeness (QED) is 0.643. The standard InChI is InChI=1S/C15H15N/c1-10-7-8-13-11(2)12-5-3-4-6-14(12)16-15(13)9-10/h3,5,7-9H,4,6H2,1-2H3. The van der Waals surface area contributed by atoms with E-state index in [9.17, 15) is 0 Å². The second kappa shape index (κ2) is 3.44. The molecule has 0 atom stereocenters. The van der Waals surface area contributed by atoms with Crippen LogP contribution < -0.4 is 0 Å². The Morgan fingerprint density at radius 1 is 1.19 bits per heavy atom. The monoisotopic (exact) mass is 209 g/mol. The molecule has 2 aromatic rings. The molecule has 0 fully saturated rings. The Labute approximate surface area is 95.8 Å². The van der Waals surface area contributed by atoms with Crippen LogP contribution in [-0.2, 0) is 6.42 Å². The molecule has 16 heavy (non-hydrogen) atoms. The van der Waals surface area contributed by atoms with Gasteiger partial charge in [0.15, 0.2) is 0 Å². The summed E-state index contributed by atoms with van der Waals surface area (Å²) in [4.78, 5) is 4.79. The maximum absolute atomic E-state index is 4.79. The molecule has 0 amide bonds.